The fourth-order valence-corrected chi connectivity index (χ4v) is 2.43. The first-order valence-electron chi connectivity index (χ1n) is 6.14. The Bertz CT molecular complexity index is 445. The van der Waals surface area contributed by atoms with Crippen molar-refractivity contribution in [2.24, 2.45) is 0 Å². The van der Waals surface area contributed by atoms with E-state index in [-0.39, 0.29) is 5.91 Å². The first kappa shape index (κ1) is 12.3. The highest BCUT2D eigenvalue weighted by molar-refractivity contribution is 7.71. The summed E-state index contributed by atoms with van der Waals surface area (Å²) in [7, 11) is 0. The number of aromatic amines is 1. The number of H-pyrrole nitrogens is 1. The number of carbonyl (C=O) groups is 1. The molecular formula is C11H18N4OS. The van der Waals surface area contributed by atoms with Gasteiger partial charge >= 0.3 is 0 Å². The fourth-order valence-electron chi connectivity index (χ4n) is 2.18. The molecule has 1 N–H and O–H groups in total. The topological polar surface area (TPSA) is 53.9 Å². The minimum absolute atomic E-state index is 0.229. The van der Waals surface area contributed by atoms with E-state index in [1.54, 1.807) is 0 Å². The number of amides is 1. The van der Waals surface area contributed by atoms with Crippen LogP contribution in [0.2, 0.25) is 0 Å². The van der Waals surface area contributed by atoms with Gasteiger partial charge in [0.2, 0.25) is 5.91 Å². The van der Waals surface area contributed by atoms with Crippen LogP contribution in [0.1, 0.15) is 32.0 Å². The quantitative estimate of drug-likeness (QED) is 0.829. The molecule has 5 nitrogen and oxygen atoms in total. The van der Waals surface area contributed by atoms with Crippen LogP contribution < -0.4 is 0 Å². The summed E-state index contributed by atoms with van der Waals surface area (Å²) in [6.45, 7) is 4.49. The first-order valence-corrected chi connectivity index (χ1v) is 6.55. The van der Waals surface area contributed by atoms with Gasteiger partial charge in [-0.2, -0.15) is 5.10 Å². The first-order chi connectivity index (χ1) is 8.22. The minimum Gasteiger partial charge on any atom is -0.343 e. The molecule has 0 atom stereocenters. The van der Waals surface area contributed by atoms with Gasteiger partial charge < -0.3 is 9.47 Å². The third-order valence-corrected chi connectivity index (χ3v) is 3.47. The van der Waals surface area contributed by atoms with Crippen molar-refractivity contribution in [2.75, 3.05) is 13.1 Å². The van der Waals surface area contributed by atoms with E-state index in [2.05, 4.69) is 10.2 Å². The zero-order valence-corrected chi connectivity index (χ0v) is 10.9. The van der Waals surface area contributed by atoms with Gasteiger partial charge in [-0.3, -0.25) is 9.89 Å². The molecule has 0 bridgehead atoms. The Hall–Kier alpha value is -1.17. The maximum atomic E-state index is 11.9. The van der Waals surface area contributed by atoms with E-state index in [1.807, 2.05) is 16.4 Å². The molecule has 6 heteroatoms. The van der Waals surface area contributed by atoms with Crippen molar-refractivity contribution in [2.45, 2.75) is 39.2 Å². The van der Waals surface area contributed by atoms with Crippen molar-refractivity contribution in [3.05, 3.63) is 10.6 Å². The zero-order chi connectivity index (χ0) is 12.3. The van der Waals surface area contributed by atoms with Crippen molar-refractivity contribution < 1.29 is 4.79 Å². The maximum Gasteiger partial charge on any atom is 0.224 e. The van der Waals surface area contributed by atoms with Crippen molar-refractivity contribution in [1.29, 1.82) is 0 Å². The lowest BCUT2D eigenvalue weighted by Gasteiger charge is -2.15. The number of nitrogens with zero attached hydrogens (tertiary/aromatic N) is 3. The van der Waals surface area contributed by atoms with E-state index in [4.69, 9.17) is 12.2 Å². The van der Waals surface area contributed by atoms with Gasteiger partial charge in [0.15, 0.2) is 4.77 Å². The van der Waals surface area contributed by atoms with E-state index in [0.29, 0.717) is 17.7 Å². The molecule has 0 aliphatic carbocycles. The minimum atomic E-state index is 0.229. The highest BCUT2D eigenvalue weighted by Crippen LogP contribution is 2.10. The van der Waals surface area contributed by atoms with E-state index in [0.717, 1.165) is 38.2 Å². The Morgan fingerprint density at radius 1 is 1.47 bits per heavy atom. The third kappa shape index (κ3) is 2.74. The second kappa shape index (κ2) is 5.44. The molecule has 1 saturated heterocycles. The Morgan fingerprint density at radius 2 is 2.18 bits per heavy atom. The molecule has 17 heavy (non-hydrogen) atoms. The average Bonchev–Trinajstić information content (AvgIpc) is 2.95. The van der Waals surface area contributed by atoms with E-state index < -0.39 is 0 Å². The van der Waals surface area contributed by atoms with Crippen LogP contribution in [0, 0.1) is 4.77 Å². The Balaban J connectivity index is 1.94. The smallest absolute Gasteiger partial charge is 0.224 e. The standard InChI is InChI=1S/C11H18N4OS/c1-2-9-12-13-11(17)15(9)8-5-10(16)14-6-3-4-7-14/h2-8H2,1H3,(H,13,17). The lowest BCUT2D eigenvalue weighted by Crippen LogP contribution is -2.28. The Labute approximate surface area is 106 Å². The van der Waals surface area contributed by atoms with Gasteiger partial charge in [-0.25, -0.2) is 0 Å². The molecule has 2 rings (SSSR count). The molecular weight excluding hydrogens is 236 g/mol. The SMILES string of the molecule is CCc1n[nH]c(=S)n1CCC(=O)N1CCCC1. The second-order valence-corrected chi connectivity index (χ2v) is 4.67. The number of likely N-dealkylation sites (tertiary alicyclic amines) is 1. The molecule has 0 aromatic carbocycles. The molecule has 0 radical (unpaired) electrons. The van der Waals surface area contributed by atoms with Crippen molar-refractivity contribution in [3.63, 3.8) is 0 Å². The van der Waals surface area contributed by atoms with Gasteiger partial charge in [-0.05, 0) is 25.1 Å². The molecule has 0 spiro atoms. The van der Waals surface area contributed by atoms with Gasteiger partial charge in [-0.15, -0.1) is 0 Å². The van der Waals surface area contributed by atoms with Gasteiger partial charge in [0.25, 0.3) is 0 Å². The van der Waals surface area contributed by atoms with E-state index in [1.165, 1.54) is 0 Å². The summed E-state index contributed by atoms with van der Waals surface area (Å²) in [6, 6.07) is 0. The largest absolute Gasteiger partial charge is 0.343 e. The van der Waals surface area contributed by atoms with Crippen LogP contribution in [0.5, 0.6) is 0 Å². The van der Waals surface area contributed by atoms with Crippen LogP contribution >= 0.6 is 12.2 Å². The number of hydrogen-bond donors (Lipinski definition) is 1. The molecule has 0 unspecified atom stereocenters. The number of hydrogen-bond acceptors (Lipinski definition) is 3. The van der Waals surface area contributed by atoms with Gasteiger partial charge in [-0.1, -0.05) is 6.92 Å². The van der Waals surface area contributed by atoms with Crippen LogP contribution in [0.25, 0.3) is 0 Å². The lowest BCUT2D eigenvalue weighted by molar-refractivity contribution is -0.130. The van der Waals surface area contributed by atoms with Gasteiger partial charge in [0, 0.05) is 32.5 Å². The van der Waals surface area contributed by atoms with Crippen LogP contribution in [0.3, 0.4) is 0 Å². The molecule has 0 saturated carbocycles. The second-order valence-electron chi connectivity index (χ2n) is 4.29. The summed E-state index contributed by atoms with van der Waals surface area (Å²) in [5, 5.41) is 6.90. The van der Waals surface area contributed by atoms with E-state index >= 15 is 0 Å². The van der Waals surface area contributed by atoms with Crippen LogP contribution in [0.4, 0.5) is 0 Å². The van der Waals surface area contributed by atoms with E-state index in [9.17, 15) is 4.79 Å². The fraction of sp³-hybridized carbons (Fsp3) is 0.727. The average molecular weight is 254 g/mol. The van der Waals surface area contributed by atoms with Crippen molar-refractivity contribution >= 4 is 18.1 Å². The van der Waals surface area contributed by atoms with Gasteiger partial charge in [0.05, 0.1) is 0 Å². The predicted octanol–water partition coefficient (Wildman–Crippen LogP) is 1.52. The highest BCUT2D eigenvalue weighted by Gasteiger charge is 2.17. The summed E-state index contributed by atoms with van der Waals surface area (Å²) >= 11 is 5.15. The summed E-state index contributed by atoms with van der Waals surface area (Å²) in [6.07, 6.45) is 3.61. The van der Waals surface area contributed by atoms with Crippen LogP contribution in [-0.4, -0.2) is 38.7 Å². The Kier molecular flexibility index (Phi) is 3.93. The van der Waals surface area contributed by atoms with Crippen molar-refractivity contribution in [3.8, 4) is 0 Å². The highest BCUT2D eigenvalue weighted by atomic mass is 32.1. The predicted molar refractivity (Wildman–Crippen MR) is 67.2 cm³/mol. The zero-order valence-electron chi connectivity index (χ0n) is 10.1. The van der Waals surface area contributed by atoms with Gasteiger partial charge in [0.1, 0.15) is 5.82 Å². The summed E-state index contributed by atoms with van der Waals surface area (Å²) in [4.78, 5) is 13.8. The number of rotatable bonds is 4. The monoisotopic (exact) mass is 254 g/mol. The summed E-state index contributed by atoms with van der Waals surface area (Å²) in [5.74, 6) is 1.15. The molecule has 1 fully saturated rings. The molecule has 1 aromatic rings. The molecule has 1 aromatic heterocycles. The maximum absolute atomic E-state index is 11.9. The number of aromatic nitrogens is 3. The number of carbonyl (C=O) groups excluding carboxylic acids is 1. The Morgan fingerprint density at radius 3 is 2.82 bits per heavy atom. The molecule has 1 aliphatic heterocycles. The third-order valence-electron chi connectivity index (χ3n) is 3.16. The van der Waals surface area contributed by atoms with Crippen molar-refractivity contribution in [1.82, 2.24) is 19.7 Å². The summed E-state index contributed by atoms with van der Waals surface area (Å²) < 4.78 is 2.53. The molecule has 1 amide bonds. The normalized spacial score (nSPS) is 15.5. The molecule has 2 heterocycles. The number of nitrogens with one attached hydrogen (secondary N) is 1. The van der Waals surface area contributed by atoms with Crippen LogP contribution in [-0.2, 0) is 17.8 Å². The molecule has 94 valence electrons. The summed E-state index contributed by atoms with van der Waals surface area (Å²) in [5.41, 5.74) is 0. The van der Waals surface area contributed by atoms with Crippen LogP contribution in [0.15, 0.2) is 0 Å². The lowest BCUT2D eigenvalue weighted by atomic mass is 10.3. The molecule has 1 aliphatic rings. The number of aryl methyl sites for hydroxylation is 1.